The number of nitrogens with zero attached hydrogens (tertiary/aromatic N) is 3. The van der Waals surface area contributed by atoms with Gasteiger partial charge >= 0.3 is 0 Å². The van der Waals surface area contributed by atoms with Gasteiger partial charge in [-0.05, 0) is 83.9 Å². The Morgan fingerprint density at radius 3 is 2.11 bits per heavy atom. The second kappa shape index (κ2) is 10.5. The standard InChI is InChI=1S/C41H27N3S/c1-2-11-30(12-3-1)43(32-23-24-40-35(26-32)33-13-5-7-18-39(33)45-40)37-16-8-17-38-41(37)34-14-4-6-15-36(34)44(38)31-21-19-28(20-22-31)29-10-9-25-42-27-29/h1-27H. The zero-order valence-corrected chi connectivity index (χ0v) is 25.2. The fourth-order valence-corrected chi connectivity index (χ4v) is 7.75. The van der Waals surface area contributed by atoms with Crippen LogP contribution in [0.4, 0.5) is 17.1 Å². The number of benzene rings is 6. The molecule has 0 atom stereocenters. The van der Waals surface area contributed by atoms with Crippen molar-refractivity contribution in [3.8, 4) is 16.8 Å². The van der Waals surface area contributed by atoms with E-state index >= 15 is 0 Å². The van der Waals surface area contributed by atoms with E-state index < -0.39 is 0 Å². The number of fused-ring (bicyclic) bond motifs is 6. The highest BCUT2D eigenvalue weighted by molar-refractivity contribution is 7.25. The molecule has 0 saturated carbocycles. The van der Waals surface area contributed by atoms with E-state index in [1.165, 1.54) is 42.0 Å². The molecule has 212 valence electrons. The van der Waals surface area contributed by atoms with Crippen molar-refractivity contribution in [3.63, 3.8) is 0 Å². The van der Waals surface area contributed by atoms with Crippen LogP contribution >= 0.6 is 11.3 Å². The quantitative estimate of drug-likeness (QED) is 0.198. The van der Waals surface area contributed by atoms with Crippen molar-refractivity contribution in [2.75, 3.05) is 4.90 Å². The molecule has 0 fully saturated rings. The lowest BCUT2D eigenvalue weighted by molar-refractivity contribution is 1.18. The predicted molar refractivity (Wildman–Crippen MR) is 192 cm³/mol. The van der Waals surface area contributed by atoms with Crippen molar-refractivity contribution in [1.29, 1.82) is 0 Å². The molecular weight excluding hydrogens is 567 g/mol. The van der Waals surface area contributed by atoms with Gasteiger partial charge in [0.25, 0.3) is 0 Å². The fourth-order valence-electron chi connectivity index (χ4n) is 6.66. The van der Waals surface area contributed by atoms with Gasteiger partial charge in [-0.1, -0.05) is 78.9 Å². The predicted octanol–water partition coefficient (Wildman–Crippen LogP) is 11.7. The highest BCUT2D eigenvalue weighted by Crippen LogP contribution is 2.45. The third-order valence-corrected chi connectivity index (χ3v) is 9.82. The van der Waals surface area contributed by atoms with Crippen molar-refractivity contribution < 1.29 is 0 Å². The number of aromatic nitrogens is 2. The van der Waals surface area contributed by atoms with Crippen LogP contribution in [0.1, 0.15) is 0 Å². The molecule has 45 heavy (non-hydrogen) atoms. The molecule has 3 heterocycles. The molecule has 9 rings (SSSR count). The Bertz CT molecular complexity index is 2480. The van der Waals surface area contributed by atoms with E-state index in [0.717, 1.165) is 33.9 Å². The van der Waals surface area contributed by atoms with Gasteiger partial charge in [-0.3, -0.25) is 4.98 Å². The van der Waals surface area contributed by atoms with E-state index in [-0.39, 0.29) is 0 Å². The highest BCUT2D eigenvalue weighted by atomic mass is 32.1. The van der Waals surface area contributed by atoms with Crippen molar-refractivity contribution in [2.45, 2.75) is 0 Å². The monoisotopic (exact) mass is 593 g/mol. The second-order valence-corrected chi connectivity index (χ2v) is 12.3. The summed E-state index contributed by atoms with van der Waals surface area (Å²) in [7, 11) is 0. The van der Waals surface area contributed by atoms with E-state index in [2.05, 4.69) is 160 Å². The Hall–Kier alpha value is -5.71. The molecule has 9 aromatic rings. The van der Waals surface area contributed by atoms with Crippen LogP contribution in [0.2, 0.25) is 0 Å². The lowest BCUT2D eigenvalue weighted by Crippen LogP contribution is -2.10. The summed E-state index contributed by atoms with van der Waals surface area (Å²) in [6.45, 7) is 0. The van der Waals surface area contributed by atoms with E-state index in [9.17, 15) is 0 Å². The third kappa shape index (κ3) is 4.22. The highest BCUT2D eigenvalue weighted by Gasteiger charge is 2.21. The Morgan fingerprint density at radius 2 is 1.27 bits per heavy atom. The van der Waals surface area contributed by atoms with Gasteiger partial charge in [-0.15, -0.1) is 11.3 Å². The molecule has 0 aliphatic carbocycles. The molecule has 0 aliphatic heterocycles. The van der Waals surface area contributed by atoms with Gasteiger partial charge in [-0.2, -0.15) is 0 Å². The molecular formula is C41H27N3S. The summed E-state index contributed by atoms with van der Waals surface area (Å²) in [5.41, 5.74) is 9.17. The summed E-state index contributed by atoms with van der Waals surface area (Å²) < 4.78 is 5.01. The molecule has 0 aliphatic rings. The van der Waals surface area contributed by atoms with Gasteiger partial charge < -0.3 is 9.47 Å². The average Bonchev–Trinajstić information content (AvgIpc) is 3.65. The zero-order valence-electron chi connectivity index (χ0n) is 24.3. The molecule has 3 nitrogen and oxygen atoms in total. The van der Waals surface area contributed by atoms with Gasteiger partial charge in [0, 0.05) is 60.4 Å². The van der Waals surface area contributed by atoms with Gasteiger partial charge in [0.1, 0.15) is 0 Å². The molecule has 0 bridgehead atoms. The van der Waals surface area contributed by atoms with Gasteiger partial charge in [0.2, 0.25) is 0 Å². The summed E-state index contributed by atoms with van der Waals surface area (Å²) in [5.74, 6) is 0. The van der Waals surface area contributed by atoms with Crippen molar-refractivity contribution >= 4 is 70.4 Å². The average molecular weight is 594 g/mol. The van der Waals surface area contributed by atoms with Crippen LogP contribution < -0.4 is 4.90 Å². The molecule has 0 amide bonds. The minimum atomic E-state index is 1.11. The Morgan fingerprint density at radius 1 is 0.511 bits per heavy atom. The van der Waals surface area contributed by atoms with E-state index in [1.807, 2.05) is 29.8 Å². The Kier molecular flexibility index (Phi) is 6.00. The minimum Gasteiger partial charge on any atom is -0.310 e. The van der Waals surface area contributed by atoms with Crippen LogP contribution in [-0.2, 0) is 0 Å². The largest absolute Gasteiger partial charge is 0.310 e. The lowest BCUT2D eigenvalue weighted by atomic mass is 10.1. The van der Waals surface area contributed by atoms with E-state index in [4.69, 9.17) is 0 Å². The van der Waals surface area contributed by atoms with Crippen LogP contribution in [0.25, 0.3) is 58.8 Å². The smallest absolute Gasteiger partial charge is 0.0562 e. The summed E-state index contributed by atoms with van der Waals surface area (Å²) in [6, 6.07) is 54.6. The molecule has 4 heteroatoms. The fraction of sp³-hybridized carbons (Fsp3) is 0. The SMILES string of the molecule is c1ccc(N(c2ccc3sc4ccccc4c3c2)c2cccc3c2c2ccccc2n3-c2ccc(-c3cccnc3)cc2)cc1. The normalized spacial score (nSPS) is 11.6. The molecule has 0 saturated heterocycles. The zero-order chi connectivity index (χ0) is 29.7. The van der Waals surface area contributed by atoms with Gasteiger partial charge in [0.05, 0.1) is 16.7 Å². The molecule has 0 spiro atoms. The first-order valence-electron chi connectivity index (χ1n) is 15.1. The van der Waals surface area contributed by atoms with Crippen LogP contribution in [-0.4, -0.2) is 9.55 Å². The summed E-state index contributed by atoms with van der Waals surface area (Å²) >= 11 is 1.85. The van der Waals surface area contributed by atoms with Gasteiger partial charge in [0.15, 0.2) is 0 Å². The summed E-state index contributed by atoms with van der Waals surface area (Å²) in [6.07, 6.45) is 3.73. The van der Waals surface area contributed by atoms with Crippen LogP contribution in [0, 0.1) is 0 Å². The van der Waals surface area contributed by atoms with Crippen molar-refractivity contribution in [1.82, 2.24) is 9.55 Å². The van der Waals surface area contributed by atoms with E-state index in [0.29, 0.717) is 0 Å². The number of thiophene rings is 1. The number of rotatable bonds is 5. The van der Waals surface area contributed by atoms with Crippen LogP contribution in [0.5, 0.6) is 0 Å². The Labute approximate surface area is 264 Å². The molecule has 0 N–H and O–H groups in total. The summed E-state index contributed by atoms with van der Waals surface area (Å²) in [5, 5.41) is 5.04. The van der Waals surface area contributed by atoms with Crippen molar-refractivity contribution in [2.24, 2.45) is 0 Å². The third-order valence-electron chi connectivity index (χ3n) is 8.67. The number of para-hydroxylation sites is 2. The number of anilines is 3. The first-order chi connectivity index (χ1) is 22.3. The topological polar surface area (TPSA) is 21.1 Å². The lowest BCUT2D eigenvalue weighted by Gasteiger charge is -2.26. The first kappa shape index (κ1) is 25.8. The second-order valence-electron chi connectivity index (χ2n) is 11.3. The maximum Gasteiger partial charge on any atom is 0.0562 e. The van der Waals surface area contributed by atoms with Gasteiger partial charge in [-0.25, -0.2) is 0 Å². The number of pyridine rings is 1. The molecule has 6 aromatic carbocycles. The number of hydrogen-bond acceptors (Lipinski definition) is 3. The minimum absolute atomic E-state index is 1.11. The van der Waals surface area contributed by atoms with Crippen LogP contribution in [0.3, 0.4) is 0 Å². The molecule has 3 aromatic heterocycles. The van der Waals surface area contributed by atoms with Crippen LogP contribution in [0.15, 0.2) is 164 Å². The maximum absolute atomic E-state index is 4.31. The Balaban J connectivity index is 1.29. The summed E-state index contributed by atoms with van der Waals surface area (Å²) in [4.78, 5) is 6.72. The number of hydrogen-bond donors (Lipinski definition) is 0. The maximum atomic E-state index is 4.31. The molecule has 0 unspecified atom stereocenters. The molecule has 0 radical (unpaired) electrons. The van der Waals surface area contributed by atoms with E-state index in [1.54, 1.807) is 0 Å². The first-order valence-corrected chi connectivity index (χ1v) is 15.9. The van der Waals surface area contributed by atoms with Crippen molar-refractivity contribution in [3.05, 3.63) is 164 Å².